The van der Waals surface area contributed by atoms with Crippen molar-refractivity contribution in [3.8, 4) is 0 Å². The Morgan fingerprint density at radius 1 is 1.33 bits per heavy atom. The Labute approximate surface area is 116 Å². The molecule has 0 aliphatic heterocycles. The minimum Gasteiger partial charge on any atom is -0.389 e. The molecule has 1 heterocycles. The lowest BCUT2D eigenvalue weighted by atomic mass is 10.1. The summed E-state index contributed by atoms with van der Waals surface area (Å²) in [4.78, 5) is 4.54. The lowest BCUT2D eigenvalue weighted by Crippen LogP contribution is -2.11. The van der Waals surface area contributed by atoms with E-state index >= 15 is 0 Å². The van der Waals surface area contributed by atoms with Crippen LogP contribution in [0.4, 0.5) is 11.4 Å². The van der Waals surface area contributed by atoms with Crippen LogP contribution in [0.25, 0.3) is 0 Å². The molecular weight excluding hydrogens is 266 g/mol. The van der Waals surface area contributed by atoms with Gasteiger partial charge < -0.3 is 11.1 Å². The molecule has 92 valence electrons. The van der Waals surface area contributed by atoms with E-state index in [1.165, 1.54) is 0 Å². The van der Waals surface area contributed by atoms with E-state index in [0.29, 0.717) is 10.0 Å². The summed E-state index contributed by atoms with van der Waals surface area (Å²) < 4.78 is 0. The van der Waals surface area contributed by atoms with Gasteiger partial charge in [0.2, 0.25) is 0 Å². The van der Waals surface area contributed by atoms with E-state index in [1.807, 2.05) is 19.1 Å². The minimum absolute atomic E-state index is 0.328. The van der Waals surface area contributed by atoms with Crippen molar-refractivity contribution >= 4 is 40.2 Å². The van der Waals surface area contributed by atoms with E-state index in [9.17, 15) is 0 Å². The molecule has 0 saturated heterocycles. The largest absolute Gasteiger partial charge is 0.389 e. The van der Waals surface area contributed by atoms with Gasteiger partial charge in [-0.2, -0.15) is 0 Å². The van der Waals surface area contributed by atoms with E-state index in [1.54, 1.807) is 24.4 Å². The molecule has 3 N–H and O–H groups in total. The molecule has 0 fully saturated rings. The first-order chi connectivity index (χ1) is 8.56. The lowest BCUT2D eigenvalue weighted by molar-refractivity contribution is 1.20. The molecule has 0 aliphatic carbocycles. The number of nitrogens with zero attached hydrogens (tertiary/aromatic N) is 1. The lowest BCUT2D eigenvalue weighted by Gasteiger charge is -2.11. The molecule has 0 bridgehead atoms. The maximum absolute atomic E-state index is 5.97. The highest BCUT2D eigenvalue weighted by Gasteiger charge is 2.06. The van der Waals surface area contributed by atoms with Crippen molar-refractivity contribution in [2.24, 2.45) is 5.73 Å². The zero-order valence-electron chi connectivity index (χ0n) is 9.77. The molecule has 2 aromatic rings. The Hall–Kier alpha value is -1.65. The van der Waals surface area contributed by atoms with E-state index < -0.39 is 0 Å². The summed E-state index contributed by atoms with van der Waals surface area (Å²) in [6.45, 7) is 1.93. The Morgan fingerprint density at radius 2 is 2.11 bits per heavy atom. The Morgan fingerprint density at radius 3 is 2.72 bits per heavy atom. The van der Waals surface area contributed by atoms with Crippen LogP contribution in [0.3, 0.4) is 0 Å². The first-order valence-corrected chi connectivity index (χ1v) is 6.14. The fourth-order valence-corrected chi connectivity index (χ4v) is 1.88. The highest BCUT2D eigenvalue weighted by Crippen LogP contribution is 2.24. The number of nitrogens with two attached hydrogens (primary N) is 1. The molecule has 0 amide bonds. The molecule has 1 aromatic carbocycles. The first-order valence-electron chi connectivity index (χ1n) is 5.35. The topological polar surface area (TPSA) is 50.9 Å². The highest BCUT2D eigenvalue weighted by molar-refractivity contribution is 7.80. The predicted octanol–water partition coefficient (Wildman–Crippen LogP) is 3.42. The van der Waals surface area contributed by atoms with E-state index in [4.69, 9.17) is 29.6 Å². The van der Waals surface area contributed by atoms with Gasteiger partial charge in [-0.15, -0.1) is 0 Å². The smallest absolute Gasteiger partial charge is 0.106 e. The predicted molar refractivity (Wildman–Crippen MR) is 79.6 cm³/mol. The van der Waals surface area contributed by atoms with Crippen molar-refractivity contribution in [3.05, 3.63) is 52.8 Å². The quantitative estimate of drug-likeness (QED) is 0.844. The SMILES string of the molecule is Cc1ccc(Nc2cc(Cl)ccc2C(N)=S)cn1. The number of hydrogen-bond acceptors (Lipinski definition) is 3. The number of halogens is 1. The Bertz CT molecular complexity index is 581. The van der Waals surface area contributed by atoms with Crippen LogP contribution in [0.1, 0.15) is 11.3 Å². The van der Waals surface area contributed by atoms with Gasteiger partial charge in [-0.1, -0.05) is 23.8 Å². The van der Waals surface area contributed by atoms with Gasteiger partial charge in [0.1, 0.15) is 4.99 Å². The fraction of sp³-hybridized carbons (Fsp3) is 0.0769. The summed E-state index contributed by atoms with van der Waals surface area (Å²) in [5, 5.41) is 3.83. The average Bonchev–Trinajstić information content (AvgIpc) is 2.32. The number of nitrogens with one attached hydrogen (secondary N) is 1. The maximum Gasteiger partial charge on any atom is 0.106 e. The van der Waals surface area contributed by atoms with Crippen LogP contribution in [0.2, 0.25) is 5.02 Å². The van der Waals surface area contributed by atoms with Gasteiger partial charge in [0.25, 0.3) is 0 Å². The van der Waals surface area contributed by atoms with Crippen molar-refractivity contribution < 1.29 is 0 Å². The van der Waals surface area contributed by atoms with Gasteiger partial charge in [0, 0.05) is 16.3 Å². The van der Waals surface area contributed by atoms with Crippen LogP contribution < -0.4 is 11.1 Å². The number of thiocarbonyl (C=S) groups is 1. The first kappa shape index (κ1) is 12.8. The van der Waals surface area contributed by atoms with Crippen LogP contribution >= 0.6 is 23.8 Å². The number of aromatic nitrogens is 1. The molecule has 18 heavy (non-hydrogen) atoms. The summed E-state index contributed by atoms with van der Waals surface area (Å²) in [5.74, 6) is 0. The number of anilines is 2. The van der Waals surface area contributed by atoms with Crippen LogP contribution in [-0.2, 0) is 0 Å². The summed E-state index contributed by atoms with van der Waals surface area (Å²) >= 11 is 11.0. The average molecular weight is 278 g/mol. The van der Waals surface area contributed by atoms with Crippen LogP contribution in [0, 0.1) is 6.92 Å². The second-order valence-corrected chi connectivity index (χ2v) is 4.74. The zero-order valence-corrected chi connectivity index (χ0v) is 11.3. The van der Waals surface area contributed by atoms with Gasteiger partial charge in [0.05, 0.1) is 17.6 Å². The summed E-state index contributed by atoms with van der Waals surface area (Å²) in [7, 11) is 0. The monoisotopic (exact) mass is 277 g/mol. The molecule has 0 aliphatic rings. The number of pyridine rings is 1. The molecule has 0 saturated carbocycles. The number of aryl methyl sites for hydroxylation is 1. The molecule has 0 unspecified atom stereocenters. The summed E-state index contributed by atoms with van der Waals surface area (Å²) in [6, 6.07) is 9.21. The summed E-state index contributed by atoms with van der Waals surface area (Å²) in [5.41, 5.74) is 9.03. The third kappa shape index (κ3) is 2.97. The van der Waals surface area contributed by atoms with E-state index in [-0.39, 0.29) is 0 Å². The third-order valence-corrected chi connectivity index (χ3v) is 2.89. The Kier molecular flexibility index (Phi) is 3.79. The second-order valence-electron chi connectivity index (χ2n) is 3.87. The molecule has 0 atom stereocenters. The summed E-state index contributed by atoms with van der Waals surface area (Å²) in [6.07, 6.45) is 1.75. The van der Waals surface area contributed by atoms with Crippen molar-refractivity contribution in [1.29, 1.82) is 0 Å². The molecule has 5 heteroatoms. The number of benzene rings is 1. The third-order valence-electron chi connectivity index (χ3n) is 2.44. The van der Waals surface area contributed by atoms with E-state index in [0.717, 1.165) is 22.6 Å². The van der Waals surface area contributed by atoms with Crippen molar-refractivity contribution in [3.63, 3.8) is 0 Å². The molecule has 2 rings (SSSR count). The van der Waals surface area contributed by atoms with Gasteiger partial charge >= 0.3 is 0 Å². The van der Waals surface area contributed by atoms with Gasteiger partial charge in [0.15, 0.2) is 0 Å². The molecule has 0 spiro atoms. The van der Waals surface area contributed by atoms with Gasteiger partial charge in [-0.3, -0.25) is 4.98 Å². The van der Waals surface area contributed by atoms with Crippen molar-refractivity contribution in [2.45, 2.75) is 6.92 Å². The number of hydrogen-bond donors (Lipinski definition) is 2. The van der Waals surface area contributed by atoms with Crippen molar-refractivity contribution in [2.75, 3.05) is 5.32 Å². The highest BCUT2D eigenvalue weighted by atomic mass is 35.5. The Balaban J connectivity index is 2.35. The van der Waals surface area contributed by atoms with Gasteiger partial charge in [-0.05, 0) is 37.3 Å². The minimum atomic E-state index is 0.328. The number of rotatable bonds is 3. The van der Waals surface area contributed by atoms with Crippen LogP contribution in [0.5, 0.6) is 0 Å². The van der Waals surface area contributed by atoms with Crippen LogP contribution in [0.15, 0.2) is 36.5 Å². The molecule has 0 radical (unpaired) electrons. The maximum atomic E-state index is 5.97. The van der Waals surface area contributed by atoms with Crippen molar-refractivity contribution in [1.82, 2.24) is 4.98 Å². The van der Waals surface area contributed by atoms with E-state index in [2.05, 4.69) is 10.3 Å². The molecule has 1 aromatic heterocycles. The zero-order chi connectivity index (χ0) is 13.1. The van der Waals surface area contributed by atoms with Gasteiger partial charge in [-0.25, -0.2) is 0 Å². The van der Waals surface area contributed by atoms with Crippen LogP contribution in [-0.4, -0.2) is 9.97 Å². The normalized spacial score (nSPS) is 10.1. The fourth-order valence-electron chi connectivity index (χ4n) is 1.53. The standard InChI is InChI=1S/C13H12ClN3S/c1-8-2-4-10(7-16-8)17-12-6-9(14)3-5-11(12)13(15)18/h2-7,17H,1H3,(H2,15,18). The molecule has 3 nitrogen and oxygen atoms in total. The second kappa shape index (κ2) is 5.33. The molecular formula is C13H12ClN3S.